The van der Waals surface area contributed by atoms with Gasteiger partial charge in [0.25, 0.3) is 5.56 Å². The Morgan fingerprint density at radius 1 is 1.06 bits per heavy atom. The van der Waals surface area contributed by atoms with Crippen molar-refractivity contribution in [3.05, 3.63) is 82.2 Å². The summed E-state index contributed by atoms with van der Waals surface area (Å²) in [4.78, 5) is 38.1. The maximum Gasteiger partial charge on any atom is 0.311 e. The minimum atomic E-state index is -0.511. The highest BCUT2D eigenvalue weighted by Crippen LogP contribution is 2.22. The predicted molar refractivity (Wildman–Crippen MR) is 125 cm³/mol. The molecule has 0 fully saturated rings. The molecule has 7 nitrogen and oxygen atoms in total. The topological polar surface area (TPSA) is 101 Å². The van der Waals surface area contributed by atoms with Crippen LogP contribution in [0.25, 0.3) is 34.4 Å². The highest BCUT2D eigenvalue weighted by atomic mass is 16.5. The molecule has 0 unspecified atom stereocenters. The van der Waals surface area contributed by atoms with Gasteiger partial charge in [-0.15, -0.1) is 0 Å². The lowest BCUT2D eigenvalue weighted by Gasteiger charge is -2.16. The van der Waals surface area contributed by atoms with E-state index in [9.17, 15) is 9.59 Å². The highest BCUT2D eigenvalue weighted by Gasteiger charge is 2.22. The first-order valence-electron chi connectivity index (χ1n) is 10.3. The van der Waals surface area contributed by atoms with Crippen molar-refractivity contribution in [1.82, 2.24) is 19.9 Å². The van der Waals surface area contributed by atoms with Crippen LogP contribution in [0.15, 0.2) is 59.8 Å². The number of hydrogen-bond donors (Lipinski definition) is 2. The molecule has 7 heteroatoms. The molecule has 1 aromatic carbocycles. The normalized spacial score (nSPS) is 11.8. The number of carbonyl (C=O) groups excluding carboxylic acids is 1. The summed E-state index contributed by atoms with van der Waals surface area (Å²) in [5.74, 6) is -0.220. The Morgan fingerprint density at radius 3 is 2.56 bits per heavy atom. The van der Waals surface area contributed by atoms with Crippen LogP contribution >= 0.6 is 0 Å². The first kappa shape index (κ1) is 21.2. The van der Waals surface area contributed by atoms with Crippen molar-refractivity contribution < 1.29 is 9.53 Å². The molecule has 0 aliphatic heterocycles. The molecular formula is C25H24N4O3. The van der Waals surface area contributed by atoms with E-state index in [1.807, 2.05) is 69.3 Å². The molecule has 0 saturated heterocycles. The fraction of sp³-hybridized carbons (Fsp3) is 0.200. The van der Waals surface area contributed by atoms with Crippen molar-refractivity contribution in [2.45, 2.75) is 27.4 Å². The molecule has 32 heavy (non-hydrogen) atoms. The summed E-state index contributed by atoms with van der Waals surface area (Å²) in [7, 11) is 0. The summed E-state index contributed by atoms with van der Waals surface area (Å²) >= 11 is 0. The van der Waals surface area contributed by atoms with Crippen molar-refractivity contribution in [1.29, 1.82) is 0 Å². The lowest BCUT2D eigenvalue weighted by Crippen LogP contribution is -2.22. The standard InChI is InChI=1S/C25H24N4O3/c1-25(2,3)24(31)32-14-17-6-4-16(5-7-17)8-9-19-12-18(10-11-26-19)21-13-20-22(29-21)27-15-28-23(20)30/h4-13,15H,14H2,1-3H3,(H2,27,28,29,30)/b9-8+. The molecule has 4 rings (SSSR count). The quantitative estimate of drug-likeness (QED) is 0.454. The minimum Gasteiger partial charge on any atom is -0.460 e. The first-order valence-corrected chi connectivity index (χ1v) is 10.3. The molecule has 0 radical (unpaired) electrons. The molecule has 3 aromatic heterocycles. The van der Waals surface area contributed by atoms with Crippen LogP contribution in [-0.4, -0.2) is 25.9 Å². The van der Waals surface area contributed by atoms with Crippen LogP contribution in [0.5, 0.6) is 0 Å². The number of pyridine rings is 1. The molecule has 162 valence electrons. The number of aromatic amines is 2. The van der Waals surface area contributed by atoms with Gasteiger partial charge >= 0.3 is 5.97 Å². The van der Waals surface area contributed by atoms with E-state index >= 15 is 0 Å². The van der Waals surface area contributed by atoms with Crippen molar-refractivity contribution in [2.75, 3.05) is 0 Å². The zero-order chi connectivity index (χ0) is 22.7. The van der Waals surface area contributed by atoms with Crippen LogP contribution in [0.2, 0.25) is 0 Å². The number of carbonyl (C=O) groups is 1. The molecule has 0 aliphatic carbocycles. The van der Waals surface area contributed by atoms with E-state index in [-0.39, 0.29) is 18.1 Å². The summed E-state index contributed by atoms with van der Waals surface area (Å²) in [6, 6.07) is 13.4. The van der Waals surface area contributed by atoms with Gasteiger partial charge in [0, 0.05) is 17.5 Å². The Kier molecular flexibility index (Phi) is 5.73. The Balaban J connectivity index is 1.46. The largest absolute Gasteiger partial charge is 0.460 e. The van der Waals surface area contributed by atoms with E-state index in [2.05, 4.69) is 19.9 Å². The Morgan fingerprint density at radius 2 is 1.84 bits per heavy atom. The number of nitrogens with zero attached hydrogens (tertiary/aromatic N) is 2. The van der Waals surface area contributed by atoms with Gasteiger partial charge in [-0.05, 0) is 56.2 Å². The molecule has 0 saturated carbocycles. The Hall–Kier alpha value is -4.00. The van der Waals surface area contributed by atoms with Gasteiger partial charge in [0.05, 0.1) is 22.8 Å². The second-order valence-electron chi connectivity index (χ2n) is 8.55. The van der Waals surface area contributed by atoms with Crippen molar-refractivity contribution in [2.24, 2.45) is 5.41 Å². The summed E-state index contributed by atoms with van der Waals surface area (Å²) in [6.45, 7) is 5.76. The van der Waals surface area contributed by atoms with Gasteiger partial charge < -0.3 is 14.7 Å². The zero-order valence-corrected chi connectivity index (χ0v) is 18.2. The van der Waals surface area contributed by atoms with Gasteiger partial charge in [0.1, 0.15) is 12.3 Å². The number of ether oxygens (including phenoxy) is 1. The van der Waals surface area contributed by atoms with Gasteiger partial charge in [0.15, 0.2) is 0 Å². The van der Waals surface area contributed by atoms with Crippen molar-refractivity contribution in [3.63, 3.8) is 0 Å². The van der Waals surface area contributed by atoms with Crippen molar-refractivity contribution >= 4 is 29.2 Å². The third kappa shape index (κ3) is 4.83. The first-order chi connectivity index (χ1) is 15.3. The fourth-order valence-corrected chi connectivity index (χ4v) is 3.09. The summed E-state index contributed by atoms with van der Waals surface area (Å²) in [5.41, 5.74) is 4.29. The average Bonchev–Trinajstić information content (AvgIpc) is 3.22. The maximum atomic E-state index is 11.9. The van der Waals surface area contributed by atoms with Crippen LogP contribution < -0.4 is 5.56 Å². The number of rotatable bonds is 5. The lowest BCUT2D eigenvalue weighted by atomic mass is 9.97. The van der Waals surface area contributed by atoms with Gasteiger partial charge in [-0.3, -0.25) is 14.6 Å². The third-order valence-electron chi connectivity index (χ3n) is 4.93. The molecule has 2 N–H and O–H groups in total. The maximum absolute atomic E-state index is 11.9. The van der Waals surface area contributed by atoms with Gasteiger partial charge in [0.2, 0.25) is 0 Å². The number of nitrogens with one attached hydrogen (secondary N) is 2. The number of aromatic nitrogens is 4. The summed E-state index contributed by atoms with van der Waals surface area (Å²) < 4.78 is 5.35. The SMILES string of the molecule is CC(C)(C)C(=O)OCc1ccc(/C=C/c2cc(-c3cc4c(=O)[nH]cnc4[nH]3)ccn2)cc1. The summed E-state index contributed by atoms with van der Waals surface area (Å²) in [6.07, 6.45) is 7.00. The van der Waals surface area contributed by atoms with E-state index in [0.717, 1.165) is 28.1 Å². The van der Waals surface area contributed by atoms with E-state index in [4.69, 9.17) is 4.74 Å². The average molecular weight is 428 g/mol. The van der Waals surface area contributed by atoms with E-state index < -0.39 is 5.41 Å². The van der Waals surface area contributed by atoms with Gasteiger partial charge in [-0.1, -0.05) is 30.3 Å². The fourth-order valence-electron chi connectivity index (χ4n) is 3.09. The molecule has 0 bridgehead atoms. The highest BCUT2D eigenvalue weighted by molar-refractivity contribution is 5.82. The monoisotopic (exact) mass is 428 g/mol. The van der Waals surface area contributed by atoms with Crippen LogP contribution in [0, 0.1) is 5.41 Å². The molecule has 0 aliphatic rings. The minimum absolute atomic E-state index is 0.178. The molecule has 0 atom stereocenters. The van der Waals surface area contributed by atoms with Crippen LogP contribution in [0.4, 0.5) is 0 Å². The third-order valence-corrected chi connectivity index (χ3v) is 4.93. The second-order valence-corrected chi connectivity index (χ2v) is 8.55. The Bertz CT molecular complexity index is 1340. The number of esters is 1. The van der Waals surface area contributed by atoms with E-state index in [0.29, 0.717) is 11.0 Å². The summed E-state index contributed by atoms with van der Waals surface area (Å²) in [5, 5.41) is 0.518. The number of fused-ring (bicyclic) bond motifs is 1. The van der Waals surface area contributed by atoms with Crippen LogP contribution in [0.1, 0.15) is 37.6 Å². The predicted octanol–water partition coefficient (Wildman–Crippen LogP) is 4.57. The molecule has 3 heterocycles. The van der Waals surface area contributed by atoms with Gasteiger partial charge in [-0.25, -0.2) is 4.98 Å². The molecular weight excluding hydrogens is 404 g/mol. The number of H-pyrrole nitrogens is 2. The zero-order valence-electron chi connectivity index (χ0n) is 18.2. The smallest absolute Gasteiger partial charge is 0.311 e. The van der Waals surface area contributed by atoms with Crippen LogP contribution in [0.3, 0.4) is 0 Å². The van der Waals surface area contributed by atoms with Crippen LogP contribution in [-0.2, 0) is 16.1 Å². The molecule has 0 amide bonds. The molecule has 0 spiro atoms. The molecule has 4 aromatic rings. The Labute approximate surface area is 185 Å². The number of benzene rings is 1. The van der Waals surface area contributed by atoms with Crippen molar-refractivity contribution in [3.8, 4) is 11.3 Å². The van der Waals surface area contributed by atoms with E-state index in [1.165, 1.54) is 6.33 Å². The van der Waals surface area contributed by atoms with E-state index in [1.54, 1.807) is 12.3 Å². The number of hydrogen-bond acceptors (Lipinski definition) is 5. The second kappa shape index (κ2) is 8.63. The van der Waals surface area contributed by atoms with Gasteiger partial charge in [-0.2, -0.15) is 0 Å². The lowest BCUT2D eigenvalue weighted by molar-refractivity contribution is -0.154.